The lowest BCUT2D eigenvalue weighted by molar-refractivity contribution is 0.253. The molecule has 7 nitrogen and oxygen atoms in total. The van der Waals surface area contributed by atoms with Crippen molar-refractivity contribution in [1.29, 1.82) is 0 Å². The summed E-state index contributed by atoms with van der Waals surface area (Å²) in [6.45, 7) is 3.90. The van der Waals surface area contributed by atoms with Crippen LogP contribution in [0.25, 0.3) is 0 Å². The first-order chi connectivity index (χ1) is 10.7. The molecule has 0 radical (unpaired) electrons. The Balaban J connectivity index is 1.84. The van der Waals surface area contributed by atoms with Crippen molar-refractivity contribution in [2.45, 2.75) is 0 Å². The van der Waals surface area contributed by atoms with Crippen molar-refractivity contribution in [1.82, 2.24) is 10.3 Å². The molecule has 0 saturated heterocycles. The van der Waals surface area contributed by atoms with Gasteiger partial charge in [-0.15, -0.1) is 17.9 Å². The third kappa shape index (κ3) is 4.91. The first-order valence-corrected chi connectivity index (χ1v) is 7.28. The molecule has 0 aliphatic heterocycles. The van der Waals surface area contributed by atoms with Gasteiger partial charge in [-0.25, -0.2) is 14.6 Å². The molecule has 8 heteroatoms. The van der Waals surface area contributed by atoms with Crippen LogP contribution in [0.5, 0.6) is 0 Å². The number of rotatable bonds is 5. The predicted octanol–water partition coefficient (Wildman–Crippen LogP) is 3.09. The van der Waals surface area contributed by atoms with Crippen molar-refractivity contribution < 1.29 is 9.59 Å². The fourth-order valence-corrected chi connectivity index (χ4v) is 2.05. The fraction of sp³-hybridized carbons (Fsp3) is 0.0714. The second-order valence-corrected chi connectivity index (χ2v) is 5.01. The standard InChI is InChI=1S/C14H15N5O2S/c1-2-7-15-12(20)17-10-3-5-11(6-4-10)18-13(21)19-14-16-8-9-22-14/h2-6,8-9H,1,7H2,(H2,15,17,20)(H2,16,18,19,21). The summed E-state index contributed by atoms with van der Waals surface area (Å²) in [6.07, 6.45) is 3.20. The summed E-state index contributed by atoms with van der Waals surface area (Å²) < 4.78 is 0. The molecule has 0 unspecified atom stereocenters. The Morgan fingerprint density at radius 3 is 2.27 bits per heavy atom. The molecular formula is C14H15N5O2S. The lowest BCUT2D eigenvalue weighted by Crippen LogP contribution is -2.28. The van der Waals surface area contributed by atoms with Crippen LogP contribution >= 0.6 is 11.3 Å². The maximum atomic E-state index is 11.7. The highest BCUT2D eigenvalue weighted by atomic mass is 32.1. The van der Waals surface area contributed by atoms with E-state index in [9.17, 15) is 9.59 Å². The maximum absolute atomic E-state index is 11.7. The SMILES string of the molecule is C=CCNC(=O)Nc1ccc(NC(=O)Nc2nccs2)cc1. The van der Waals surface area contributed by atoms with E-state index in [0.717, 1.165) is 0 Å². The number of carbonyl (C=O) groups excluding carboxylic acids is 2. The van der Waals surface area contributed by atoms with E-state index in [4.69, 9.17) is 0 Å². The topological polar surface area (TPSA) is 95.2 Å². The van der Waals surface area contributed by atoms with Crippen LogP contribution in [0.2, 0.25) is 0 Å². The first-order valence-electron chi connectivity index (χ1n) is 6.40. The highest BCUT2D eigenvalue weighted by Crippen LogP contribution is 2.15. The third-order valence-electron chi connectivity index (χ3n) is 2.46. The van der Waals surface area contributed by atoms with E-state index in [-0.39, 0.29) is 12.1 Å². The molecule has 22 heavy (non-hydrogen) atoms. The number of benzene rings is 1. The molecule has 4 N–H and O–H groups in total. The lowest BCUT2D eigenvalue weighted by Gasteiger charge is -2.08. The Bertz CT molecular complexity index is 640. The molecule has 0 spiro atoms. The summed E-state index contributed by atoms with van der Waals surface area (Å²) in [4.78, 5) is 27.1. The molecule has 1 heterocycles. The molecule has 0 atom stereocenters. The summed E-state index contributed by atoms with van der Waals surface area (Å²) in [5.74, 6) is 0. The minimum Gasteiger partial charge on any atom is -0.334 e. The Morgan fingerprint density at radius 2 is 1.73 bits per heavy atom. The molecule has 2 rings (SSSR count). The van der Waals surface area contributed by atoms with Crippen LogP contribution in [0.15, 0.2) is 48.5 Å². The van der Waals surface area contributed by atoms with Gasteiger partial charge in [0.15, 0.2) is 5.13 Å². The van der Waals surface area contributed by atoms with E-state index in [2.05, 4.69) is 32.8 Å². The Labute approximate surface area is 131 Å². The van der Waals surface area contributed by atoms with E-state index >= 15 is 0 Å². The van der Waals surface area contributed by atoms with Crippen LogP contribution in [0.3, 0.4) is 0 Å². The molecule has 2 aromatic rings. The molecule has 114 valence electrons. The van der Waals surface area contributed by atoms with E-state index < -0.39 is 0 Å². The summed E-state index contributed by atoms with van der Waals surface area (Å²) in [6, 6.07) is 6.05. The van der Waals surface area contributed by atoms with E-state index in [1.807, 2.05) is 0 Å². The smallest absolute Gasteiger partial charge is 0.325 e. The van der Waals surface area contributed by atoms with Gasteiger partial charge < -0.3 is 16.0 Å². The van der Waals surface area contributed by atoms with Crippen LogP contribution in [0.4, 0.5) is 26.1 Å². The van der Waals surface area contributed by atoms with Crippen molar-refractivity contribution in [3.8, 4) is 0 Å². The first kappa shape index (κ1) is 15.5. The number of carbonyl (C=O) groups is 2. The second-order valence-electron chi connectivity index (χ2n) is 4.12. The number of amides is 4. The van der Waals surface area contributed by atoms with Crippen LogP contribution in [-0.4, -0.2) is 23.6 Å². The van der Waals surface area contributed by atoms with Gasteiger partial charge in [-0.05, 0) is 24.3 Å². The monoisotopic (exact) mass is 317 g/mol. The van der Waals surface area contributed by atoms with Crippen molar-refractivity contribution in [2.24, 2.45) is 0 Å². The van der Waals surface area contributed by atoms with Gasteiger partial charge in [-0.2, -0.15) is 0 Å². The minimum absolute atomic E-state index is 0.317. The van der Waals surface area contributed by atoms with Gasteiger partial charge in [0.25, 0.3) is 0 Å². The van der Waals surface area contributed by atoms with Crippen LogP contribution < -0.4 is 21.3 Å². The molecular weight excluding hydrogens is 302 g/mol. The van der Waals surface area contributed by atoms with Gasteiger partial charge in [0, 0.05) is 29.5 Å². The normalized spacial score (nSPS) is 9.64. The average molecular weight is 317 g/mol. The van der Waals surface area contributed by atoms with E-state index in [1.54, 1.807) is 41.9 Å². The number of aromatic nitrogens is 1. The number of nitrogens with zero attached hydrogens (tertiary/aromatic N) is 1. The molecule has 4 amide bonds. The Morgan fingerprint density at radius 1 is 1.09 bits per heavy atom. The highest BCUT2D eigenvalue weighted by molar-refractivity contribution is 7.13. The van der Waals surface area contributed by atoms with E-state index in [0.29, 0.717) is 23.1 Å². The number of thiazole rings is 1. The molecule has 0 bridgehead atoms. The largest absolute Gasteiger partial charge is 0.334 e. The van der Waals surface area contributed by atoms with Crippen molar-refractivity contribution in [2.75, 3.05) is 22.5 Å². The summed E-state index contributed by atoms with van der Waals surface area (Å²) >= 11 is 1.33. The molecule has 0 aliphatic carbocycles. The Hall–Kier alpha value is -2.87. The number of hydrogen-bond donors (Lipinski definition) is 4. The van der Waals surface area contributed by atoms with Gasteiger partial charge in [0.1, 0.15) is 0 Å². The van der Waals surface area contributed by atoms with Crippen molar-refractivity contribution in [3.05, 3.63) is 48.5 Å². The maximum Gasteiger partial charge on any atom is 0.325 e. The van der Waals surface area contributed by atoms with Gasteiger partial charge in [-0.1, -0.05) is 6.08 Å². The highest BCUT2D eigenvalue weighted by Gasteiger charge is 2.05. The molecule has 0 aliphatic rings. The predicted molar refractivity (Wildman–Crippen MR) is 88.4 cm³/mol. The number of nitrogens with one attached hydrogen (secondary N) is 4. The zero-order chi connectivity index (χ0) is 15.8. The lowest BCUT2D eigenvalue weighted by atomic mass is 10.3. The average Bonchev–Trinajstić information content (AvgIpc) is 3.00. The Kier molecular flexibility index (Phi) is 5.50. The van der Waals surface area contributed by atoms with Gasteiger partial charge >= 0.3 is 12.1 Å². The van der Waals surface area contributed by atoms with Crippen LogP contribution in [0, 0.1) is 0 Å². The number of urea groups is 2. The summed E-state index contributed by atoms with van der Waals surface area (Å²) in [5.41, 5.74) is 1.22. The molecule has 1 aromatic carbocycles. The molecule has 1 aromatic heterocycles. The fourth-order valence-electron chi connectivity index (χ4n) is 1.52. The van der Waals surface area contributed by atoms with E-state index in [1.165, 1.54) is 11.3 Å². The molecule has 0 fully saturated rings. The number of anilines is 3. The van der Waals surface area contributed by atoms with Crippen LogP contribution in [0.1, 0.15) is 0 Å². The zero-order valence-corrected chi connectivity index (χ0v) is 12.4. The quantitative estimate of drug-likeness (QED) is 0.638. The van der Waals surface area contributed by atoms with Crippen molar-refractivity contribution in [3.63, 3.8) is 0 Å². The van der Waals surface area contributed by atoms with Crippen LogP contribution in [-0.2, 0) is 0 Å². The zero-order valence-electron chi connectivity index (χ0n) is 11.6. The minimum atomic E-state index is -0.376. The van der Waals surface area contributed by atoms with Gasteiger partial charge in [-0.3, -0.25) is 5.32 Å². The van der Waals surface area contributed by atoms with Gasteiger partial charge in [0.05, 0.1) is 0 Å². The summed E-state index contributed by atoms with van der Waals surface area (Å²) in [5, 5.41) is 12.8. The number of hydrogen-bond acceptors (Lipinski definition) is 4. The third-order valence-corrected chi connectivity index (χ3v) is 3.15. The second kappa shape index (κ2) is 7.79. The molecule has 0 saturated carbocycles. The summed E-state index contributed by atoms with van der Waals surface area (Å²) in [7, 11) is 0. The van der Waals surface area contributed by atoms with Gasteiger partial charge in [0.2, 0.25) is 0 Å². The van der Waals surface area contributed by atoms with Crippen molar-refractivity contribution >= 4 is 39.9 Å².